The summed E-state index contributed by atoms with van der Waals surface area (Å²) < 4.78 is 1.73. The van der Waals surface area contributed by atoms with Gasteiger partial charge in [-0.15, -0.1) is 0 Å². The monoisotopic (exact) mass is 415 g/mol. The standard InChI is InChI=1S/C21H33N7O2/c1-5-26(6-2)20(30)14-25-10-7-11-27(13-12-25)19(29)9-8-18-16(3)24-21-22-15-23-28(21)17(18)4/h15H,5-14H2,1-4H3. The van der Waals surface area contributed by atoms with Gasteiger partial charge in [0.2, 0.25) is 11.8 Å². The minimum Gasteiger partial charge on any atom is -0.342 e. The molecule has 2 aromatic rings. The van der Waals surface area contributed by atoms with Crippen LogP contribution in [-0.2, 0) is 16.0 Å². The molecule has 0 unspecified atom stereocenters. The zero-order chi connectivity index (χ0) is 21.7. The number of hydrogen-bond acceptors (Lipinski definition) is 6. The van der Waals surface area contributed by atoms with Crippen LogP contribution < -0.4 is 0 Å². The van der Waals surface area contributed by atoms with Crippen LogP contribution in [0.2, 0.25) is 0 Å². The summed E-state index contributed by atoms with van der Waals surface area (Å²) in [4.78, 5) is 39.9. The molecule has 3 rings (SSSR count). The van der Waals surface area contributed by atoms with E-state index in [0.717, 1.165) is 56.1 Å². The number of aromatic nitrogens is 4. The maximum absolute atomic E-state index is 12.9. The second-order valence-corrected chi connectivity index (χ2v) is 7.81. The smallest absolute Gasteiger partial charge is 0.252 e. The Morgan fingerprint density at radius 2 is 1.87 bits per heavy atom. The number of amides is 2. The molecule has 2 amide bonds. The molecule has 2 aromatic heterocycles. The molecule has 0 saturated carbocycles. The highest BCUT2D eigenvalue weighted by Gasteiger charge is 2.22. The first kappa shape index (κ1) is 22.1. The van der Waals surface area contributed by atoms with Gasteiger partial charge in [0.05, 0.1) is 6.54 Å². The number of nitrogens with zero attached hydrogens (tertiary/aromatic N) is 7. The lowest BCUT2D eigenvalue weighted by molar-refractivity contribution is -0.132. The highest BCUT2D eigenvalue weighted by Crippen LogP contribution is 2.16. The number of fused-ring (bicyclic) bond motifs is 1. The molecular weight excluding hydrogens is 382 g/mol. The van der Waals surface area contributed by atoms with E-state index in [4.69, 9.17) is 0 Å². The molecule has 0 atom stereocenters. The number of carbonyl (C=O) groups is 2. The van der Waals surface area contributed by atoms with Crippen molar-refractivity contribution in [3.05, 3.63) is 23.3 Å². The zero-order valence-electron chi connectivity index (χ0n) is 18.6. The Kier molecular flexibility index (Phi) is 7.36. The van der Waals surface area contributed by atoms with E-state index in [0.29, 0.717) is 31.7 Å². The Labute approximate surface area is 178 Å². The van der Waals surface area contributed by atoms with Gasteiger partial charge in [-0.05, 0) is 46.1 Å². The van der Waals surface area contributed by atoms with Gasteiger partial charge in [0.15, 0.2) is 0 Å². The number of likely N-dealkylation sites (N-methyl/N-ethyl adjacent to an activating group) is 1. The molecule has 9 heteroatoms. The minimum atomic E-state index is 0.157. The van der Waals surface area contributed by atoms with E-state index in [1.807, 2.05) is 37.5 Å². The van der Waals surface area contributed by atoms with Crippen molar-refractivity contribution in [1.29, 1.82) is 0 Å². The molecule has 1 aliphatic rings. The molecule has 1 saturated heterocycles. The number of aryl methyl sites for hydroxylation is 2. The van der Waals surface area contributed by atoms with E-state index in [2.05, 4.69) is 20.0 Å². The first-order valence-corrected chi connectivity index (χ1v) is 10.9. The van der Waals surface area contributed by atoms with Gasteiger partial charge in [-0.3, -0.25) is 14.5 Å². The van der Waals surface area contributed by atoms with Gasteiger partial charge in [0, 0.05) is 57.1 Å². The highest BCUT2D eigenvalue weighted by atomic mass is 16.2. The first-order valence-electron chi connectivity index (χ1n) is 10.9. The van der Waals surface area contributed by atoms with Crippen LogP contribution in [0.3, 0.4) is 0 Å². The van der Waals surface area contributed by atoms with E-state index in [9.17, 15) is 9.59 Å². The van der Waals surface area contributed by atoms with Crippen molar-refractivity contribution in [1.82, 2.24) is 34.3 Å². The molecule has 164 valence electrons. The predicted molar refractivity (Wildman–Crippen MR) is 114 cm³/mol. The van der Waals surface area contributed by atoms with Crippen LogP contribution in [0.4, 0.5) is 0 Å². The third-order valence-electron chi connectivity index (χ3n) is 5.99. The fraction of sp³-hybridized carbons (Fsp3) is 0.667. The fourth-order valence-electron chi connectivity index (χ4n) is 4.15. The number of hydrogen-bond donors (Lipinski definition) is 0. The van der Waals surface area contributed by atoms with Crippen LogP contribution in [0.1, 0.15) is 43.6 Å². The summed E-state index contributed by atoms with van der Waals surface area (Å²) in [5.41, 5.74) is 2.94. The zero-order valence-corrected chi connectivity index (χ0v) is 18.6. The van der Waals surface area contributed by atoms with Crippen LogP contribution >= 0.6 is 0 Å². The minimum absolute atomic E-state index is 0.157. The largest absolute Gasteiger partial charge is 0.342 e. The maximum atomic E-state index is 12.9. The highest BCUT2D eigenvalue weighted by molar-refractivity contribution is 5.78. The van der Waals surface area contributed by atoms with Crippen LogP contribution in [0.15, 0.2) is 6.33 Å². The lowest BCUT2D eigenvalue weighted by atomic mass is 10.1. The lowest BCUT2D eigenvalue weighted by Crippen LogP contribution is -2.42. The van der Waals surface area contributed by atoms with Gasteiger partial charge in [-0.25, -0.2) is 9.50 Å². The Hall–Kier alpha value is -2.55. The van der Waals surface area contributed by atoms with Gasteiger partial charge in [-0.1, -0.05) is 0 Å². The van der Waals surface area contributed by atoms with Gasteiger partial charge in [-0.2, -0.15) is 10.1 Å². The summed E-state index contributed by atoms with van der Waals surface area (Å²) in [5, 5.41) is 4.22. The molecule has 0 spiro atoms. The average molecular weight is 416 g/mol. The molecule has 0 bridgehead atoms. The summed E-state index contributed by atoms with van der Waals surface area (Å²) in [6.07, 6.45) is 3.47. The third-order valence-corrected chi connectivity index (χ3v) is 5.99. The third kappa shape index (κ3) is 4.95. The Balaban J connectivity index is 1.55. The van der Waals surface area contributed by atoms with E-state index in [1.165, 1.54) is 6.33 Å². The number of carbonyl (C=O) groups excluding carboxylic acids is 2. The topological polar surface area (TPSA) is 86.9 Å². The van der Waals surface area contributed by atoms with Crippen molar-refractivity contribution in [3.63, 3.8) is 0 Å². The molecule has 30 heavy (non-hydrogen) atoms. The molecule has 1 aliphatic heterocycles. The van der Waals surface area contributed by atoms with Crippen molar-refractivity contribution < 1.29 is 9.59 Å². The van der Waals surface area contributed by atoms with Crippen molar-refractivity contribution in [2.24, 2.45) is 0 Å². The van der Waals surface area contributed by atoms with E-state index < -0.39 is 0 Å². The summed E-state index contributed by atoms with van der Waals surface area (Å²) >= 11 is 0. The average Bonchev–Trinajstić information content (AvgIpc) is 3.06. The summed E-state index contributed by atoms with van der Waals surface area (Å²) in [5.74, 6) is 0.915. The van der Waals surface area contributed by atoms with E-state index >= 15 is 0 Å². The quantitative estimate of drug-likeness (QED) is 0.673. The van der Waals surface area contributed by atoms with Crippen molar-refractivity contribution in [3.8, 4) is 0 Å². The second kappa shape index (κ2) is 9.97. The second-order valence-electron chi connectivity index (χ2n) is 7.81. The van der Waals surface area contributed by atoms with Gasteiger partial charge >= 0.3 is 0 Å². The molecule has 0 N–H and O–H groups in total. The maximum Gasteiger partial charge on any atom is 0.252 e. The first-order chi connectivity index (χ1) is 14.4. The SMILES string of the molecule is CCN(CC)C(=O)CN1CCCN(C(=O)CCc2c(C)nc3ncnn3c2C)CC1. The molecule has 0 aliphatic carbocycles. The molecular formula is C21H33N7O2. The van der Waals surface area contributed by atoms with Gasteiger partial charge < -0.3 is 9.80 Å². The van der Waals surface area contributed by atoms with Gasteiger partial charge in [0.25, 0.3) is 5.78 Å². The van der Waals surface area contributed by atoms with Crippen molar-refractivity contribution >= 4 is 17.6 Å². The van der Waals surface area contributed by atoms with E-state index in [-0.39, 0.29) is 11.8 Å². The normalized spacial score (nSPS) is 15.4. The van der Waals surface area contributed by atoms with E-state index in [1.54, 1.807) is 4.52 Å². The summed E-state index contributed by atoms with van der Waals surface area (Å²) in [6, 6.07) is 0. The van der Waals surface area contributed by atoms with Gasteiger partial charge in [0.1, 0.15) is 6.33 Å². The Morgan fingerprint density at radius 3 is 2.60 bits per heavy atom. The number of rotatable bonds is 7. The Morgan fingerprint density at radius 1 is 1.10 bits per heavy atom. The van der Waals surface area contributed by atoms with Crippen LogP contribution in [0, 0.1) is 13.8 Å². The van der Waals surface area contributed by atoms with Crippen LogP contribution in [-0.4, -0.2) is 91.9 Å². The summed E-state index contributed by atoms with van der Waals surface area (Å²) in [6.45, 7) is 12.9. The molecule has 0 radical (unpaired) electrons. The fourth-order valence-corrected chi connectivity index (χ4v) is 4.15. The van der Waals surface area contributed by atoms with Crippen molar-refractivity contribution in [2.45, 2.75) is 47.0 Å². The van der Waals surface area contributed by atoms with Crippen LogP contribution in [0.5, 0.6) is 0 Å². The lowest BCUT2D eigenvalue weighted by Gasteiger charge is -2.25. The Bertz CT molecular complexity index is 891. The molecule has 0 aromatic carbocycles. The summed E-state index contributed by atoms with van der Waals surface area (Å²) in [7, 11) is 0. The van der Waals surface area contributed by atoms with Crippen molar-refractivity contribution in [2.75, 3.05) is 45.8 Å². The predicted octanol–water partition coefficient (Wildman–Crippen LogP) is 1.08. The van der Waals surface area contributed by atoms with Crippen LogP contribution in [0.25, 0.3) is 5.78 Å². The molecule has 3 heterocycles. The molecule has 1 fully saturated rings. The molecule has 9 nitrogen and oxygen atoms in total.